The van der Waals surface area contributed by atoms with Crippen molar-refractivity contribution in [1.29, 1.82) is 0 Å². The molecule has 2 aromatic rings. The fourth-order valence-corrected chi connectivity index (χ4v) is 1.51. The summed E-state index contributed by atoms with van der Waals surface area (Å²) in [5.74, 6) is 1.12. The van der Waals surface area contributed by atoms with Gasteiger partial charge in [-0.1, -0.05) is 30.3 Å². The van der Waals surface area contributed by atoms with Gasteiger partial charge in [-0.25, -0.2) is 0 Å². The number of aliphatic hydroxyl groups is 1. The zero-order valence-electron chi connectivity index (χ0n) is 9.54. The van der Waals surface area contributed by atoms with Gasteiger partial charge in [0.05, 0.1) is 6.10 Å². The number of benzene rings is 1. The molecule has 5 heteroatoms. The van der Waals surface area contributed by atoms with Crippen molar-refractivity contribution in [2.45, 2.75) is 26.1 Å². The van der Waals surface area contributed by atoms with E-state index in [0.717, 1.165) is 5.56 Å². The third-order valence-corrected chi connectivity index (χ3v) is 2.43. The third-order valence-electron chi connectivity index (χ3n) is 2.43. The fourth-order valence-electron chi connectivity index (χ4n) is 1.51. The first-order valence-corrected chi connectivity index (χ1v) is 5.46. The van der Waals surface area contributed by atoms with Gasteiger partial charge in [0.1, 0.15) is 5.75 Å². The van der Waals surface area contributed by atoms with Gasteiger partial charge in [0.2, 0.25) is 12.2 Å². The molecular formula is C12H14N2O3. The Hall–Kier alpha value is -1.88. The van der Waals surface area contributed by atoms with Crippen LogP contribution < -0.4 is 4.74 Å². The minimum absolute atomic E-state index is 0.226. The summed E-state index contributed by atoms with van der Waals surface area (Å²) in [5, 5.41) is 13.5. The number of hydrogen-bond acceptors (Lipinski definition) is 5. The van der Waals surface area contributed by atoms with E-state index < -0.39 is 6.10 Å². The summed E-state index contributed by atoms with van der Waals surface area (Å²) in [6.07, 6.45) is 1.38. The van der Waals surface area contributed by atoms with Gasteiger partial charge in [-0.3, -0.25) is 0 Å². The molecule has 1 N–H and O–H groups in total. The minimum Gasteiger partial charge on any atom is -0.485 e. The molecule has 0 aliphatic carbocycles. The second kappa shape index (κ2) is 5.45. The Morgan fingerprint density at radius 1 is 1.41 bits per heavy atom. The van der Waals surface area contributed by atoms with Gasteiger partial charge in [0.25, 0.3) is 0 Å². The SMILES string of the molecule is CC[C@@H](O)c1ccccc1OCc1ncon1. The van der Waals surface area contributed by atoms with Gasteiger partial charge < -0.3 is 14.4 Å². The lowest BCUT2D eigenvalue weighted by Crippen LogP contribution is -2.03. The van der Waals surface area contributed by atoms with Crippen LogP contribution in [-0.2, 0) is 6.61 Å². The summed E-state index contributed by atoms with van der Waals surface area (Å²) in [7, 11) is 0. The molecule has 17 heavy (non-hydrogen) atoms. The molecule has 0 spiro atoms. The number of aromatic nitrogens is 2. The van der Waals surface area contributed by atoms with Crippen LogP contribution in [0.25, 0.3) is 0 Å². The first-order valence-electron chi connectivity index (χ1n) is 5.46. The van der Waals surface area contributed by atoms with Gasteiger partial charge in [0, 0.05) is 5.56 Å². The van der Waals surface area contributed by atoms with Gasteiger partial charge in [-0.15, -0.1) is 0 Å². The predicted molar refractivity (Wildman–Crippen MR) is 60.3 cm³/mol. The fraction of sp³-hybridized carbons (Fsp3) is 0.333. The van der Waals surface area contributed by atoms with E-state index in [1.807, 2.05) is 31.2 Å². The summed E-state index contributed by atoms with van der Waals surface area (Å²) in [6, 6.07) is 7.39. The van der Waals surface area contributed by atoms with Gasteiger partial charge in [-0.05, 0) is 12.5 Å². The van der Waals surface area contributed by atoms with Crippen molar-refractivity contribution in [2.75, 3.05) is 0 Å². The van der Waals surface area contributed by atoms with Crippen LogP contribution in [0.3, 0.4) is 0 Å². The quantitative estimate of drug-likeness (QED) is 0.857. The van der Waals surface area contributed by atoms with Gasteiger partial charge in [0.15, 0.2) is 6.61 Å². The van der Waals surface area contributed by atoms with E-state index in [9.17, 15) is 5.11 Å². The van der Waals surface area contributed by atoms with E-state index >= 15 is 0 Å². The summed E-state index contributed by atoms with van der Waals surface area (Å²) < 4.78 is 10.2. The molecule has 1 atom stereocenters. The highest BCUT2D eigenvalue weighted by Crippen LogP contribution is 2.27. The highest BCUT2D eigenvalue weighted by Gasteiger charge is 2.11. The number of hydrogen-bond donors (Lipinski definition) is 1. The lowest BCUT2D eigenvalue weighted by Gasteiger charge is -2.13. The number of para-hydroxylation sites is 1. The summed E-state index contributed by atoms with van der Waals surface area (Å²) in [6.45, 7) is 2.14. The molecule has 5 nitrogen and oxygen atoms in total. The van der Waals surface area contributed by atoms with E-state index in [1.165, 1.54) is 6.39 Å². The normalized spacial score (nSPS) is 12.4. The maximum absolute atomic E-state index is 9.84. The topological polar surface area (TPSA) is 68.4 Å². The number of ether oxygens (including phenoxy) is 1. The van der Waals surface area contributed by atoms with Crippen molar-refractivity contribution in [2.24, 2.45) is 0 Å². The van der Waals surface area contributed by atoms with Crippen molar-refractivity contribution in [3.8, 4) is 5.75 Å². The van der Waals surface area contributed by atoms with Crippen LogP contribution in [0.4, 0.5) is 0 Å². The summed E-state index contributed by atoms with van der Waals surface area (Å²) in [5.41, 5.74) is 0.776. The zero-order valence-corrected chi connectivity index (χ0v) is 9.54. The average molecular weight is 234 g/mol. The summed E-state index contributed by atoms with van der Waals surface area (Å²) in [4.78, 5) is 3.86. The molecule has 1 aromatic heterocycles. The molecule has 0 aliphatic heterocycles. The van der Waals surface area contributed by atoms with E-state index in [2.05, 4.69) is 14.7 Å². The number of aliphatic hydroxyl groups excluding tert-OH is 1. The van der Waals surface area contributed by atoms with Crippen molar-refractivity contribution in [3.05, 3.63) is 42.0 Å². The molecule has 0 amide bonds. The van der Waals surface area contributed by atoms with Crippen molar-refractivity contribution in [3.63, 3.8) is 0 Å². The Morgan fingerprint density at radius 3 is 2.94 bits per heavy atom. The van der Waals surface area contributed by atoms with Crippen LogP contribution in [-0.4, -0.2) is 15.2 Å². The van der Waals surface area contributed by atoms with E-state index in [1.54, 1.807) is 0 Å². The van der Waals surface area contributed by atoms with Crippen LogP contribution >= 0.6 is 0 Å². The molecule has 0 saturated heterocycles. The van der Waals surface area contributed by atoms with Crippen LogP contribution in [0.2, 0.25) is 0 Å². The molecule has 2 rings (SSSR count). The van der Waals surface area contributed by atoms with Crippen molar-refractivity contribution < 1.29 is 14.4 Å². The lowest BCUT2D eigenvalue weighted by atomic mass is 10.1. The Balaban J connectivity index is 2.09. The van der Waals surface area contributed by atoms with Crippen LogP contribution in [0, 0.1) is 0 Å². The highest BCUT2D eigenvalue weighted by atomic mass is 16.5. The second-order valence-corrected chi connectivity index (χ2v) is 3.60. The van der Waals surface area contributed by atoms with E-state index in [-0.39, 0.29) is 6.61 Å². The smallest absolute Gasteiger partial charge is 0.213 e. The molecule has 90 valence electrons. The standard InChI is InChI=1S/C12H14N2O3/c1-2-10(15)9-5-3-4-6-11(9)16-7-12-13-8-17-14-12/h3-6,8,10,15H,2,7H2,1H3/t10-/m1/s1. The second-order valence-electron chi connectivity index (χ2n) is 3.60. The maximum Gasteiger partial charge on any atom is 0.213 e. The van der Waals surface area contributed by atoms with E-state index in [0.29, 0.717) is 18.0 Å². The highest BCUT2D eigenvalue weighted by molar-refractivity contribution is 5.35. The monoisotopic (exact) mass is 234 g/mol. The molecule has 0 saturated carbocycles. The van der Waals surface area contributed by atoms with Crippen LogP contribution in [0.15, 0.2) is 35.2 Å². The third kappa shape index (κ3) is 2.82. The first-order chi connectivity index (χ1) is 8.31. The van der Waals surface area contributed by atoms with Crippen molar-refractivity contribution in [1.82, 2.24) is 10.1 Å². The molecule has 0 unspecified atom stereocenters. The number of rotatable bonds is 5. The van der Waals surface area contributed by atoms with Crippen LogP contribution in [0.5, 0.6) is 5.75 Å². The summed E-state index contributed by atoms with van der Waals surface area (Å²) >= 11 is 0. The molecule has 1 aromatic carbocycles. The first kappa shape index (κ1) is 11.6. The minimum atomic E-state index is -0.517. The Kier molecular flexibility index (Phi) is 3.72. The largest absolute Gasteiger partial charge is 0.485 e. The maximum atomic E-state index is 9.84. The molecule has 0 fully saturated rings. The van der Waals surface area contributed by atoms with Crippen molar-refractivity contribution >= 4 is 0 Å². The molecule has 0 radical (unpaired) electrons. The lowest BCUT2D eigenvalue weighted by molar-refractivity contribution is 0.165. The van der Waals surface area contributed by atoms with Crippen LogP contribution in [0.1, 0.15) is 30.8 Å². The molecule has 0 aliphatic rings. The average Bonchev–Trinajstić information content (AvgIpc) is 2.89. The molecule has 1 heterocycles. The van der Waals surface area contributed by atoms with E-state index in [4.69, 9.17) is 4.74 Å². The number of nitrogens with zero attached hydrogens (tertiary/aromatic N) is 2. The molecule has 0 bridgehead atoms. The van der Waals surface area contributed by atoms with Gasteiger partial charge >= 0.3 is 0 Å². The molecular weight excluding hydrogens is 220 g/mol. The van der Waals surface area contributed by atoms with Gasteiger partial charge in [-0.2, -0.15) is 4.98 Å². The predicted octanol–water partition coefficient (Wildman–Crippen LogP) is 2.09. The Morgan fingerprint density at radius 2 is 2.24 bits per heavy atom. The zero-order chi connectivity index (χ0) is 12.1. The Bertz CT molecular complexity index is 457. The Labute approximate surface area is 99.0 Å².